The SMILES string of the molecule is [B]N(CC1CCOCC1)c1nc(N(C)C)nc2c(-c3ccc(C(=O)NC4CC4)c(C)c3)cnn12. The predicted molar refractivity (Wildman–Crippen MR) is 132 cm³/mol. The van der Waals surface area contributed by atoms with Gasteiger partial charge in [0.1, 0.15) is 0 Å². The fraction of sp³-hybridized carbons (Fsp3) is 0.500. The fourth-order valence-corrected chi connectivity index (χ4v) is 4.31. The topological polar surface area (TPSA) is 87.9 Å². The molecule has 2 aromatic heterocycles. The average molecular weight is 459 g/mol. The number of aromatic nitrogens is 4. The van der Waals surface area contributed by atoms with Crippen molar-refractivity contribution in [3.05, 3.63) is 35.5 Å². The van der Waals surface area contributed by atoms with Gasteiger partial charge in [-0.15, -0.1) is 0 Å². The molecule has 1 aliphatic carbocycles. The lowest BCUT2D eigenvalue weighted by Crippen LogP contribution is -2.33. The Morgan fingerprint density at radius 2 is 1.97 bits per heavy atom. The molecule has 1 aliphatic heterocycles. The van der Waals surface area contributed by atoms with Crippen LogP contribution in [-0.4, -0.2) is 73.4 Å². The van der Waals surface area contributed by atoms with Gasteiger partial charge in [-0.2, -0.15) is 19.6 Å². The van der Waals surface area contributed by atoms with E-state index in [0.717, 1.165) is 55.6 Å². The summed E-state index contributed by atoms with van der Waals surface area (Å²) >= 11 is 0. The van der Waals surface area contributed by atoms with Crippen molar-refractivity contribution in [2.75, 3.05) is 43.6 Å². The molecule has 34 heavy (non-hydrogen) atoms. The summed E-state index contributed by atoms with van der Waals surface area (Å²) in [6, 6.07) is 6.16. The van der Waals surface area contributed by atoms with Gasteiger partial charge in [-0.3, -0.25) is 4.79 Å². The second kappa shape index (κ2) is 9.25. The van der Waals surface area contributed by atoms with Crippen LogP contribution in [0.1, 0.15) is 41.6 Å². The van der Waals surface area contributed by atoms with Crippen LogP contribution >= 0.6 is 0 Å². The van der Waals surface area contributed by atoms with E-state index in [1.165, 1.54) is 0 Å². The molecular formula is C24H30BN7O2. The first-order valence-corrected chi connectivity index (χ1v) is 11.9. The van der Waals surface area contributed by atoms with Gasteiger partial charge in [0.2, 0.25) is 19.9 Å². The normalized spacial score (nSPS) is 16.6. The number of amides is 1. The van der Waals surface area contributed by atoms with Crippen molar-refractivity contribution in [3.63, 3.8) is 0 Å². The van der Waals surface area contributed by atoms with Gasteiger partial charge in [-0.05, 0) is 55.7 Å². The number of nitrogens with one attached hydrogen (secondary N) is 1. The van der Waals surface area contributed by atoms with E-state index in [1.54, 1.807) is 15.5 Å². The highest BCUT2D eigenvalue weighted by Gasteiger charge is 2.25. The van der Waals surface area contributed by atoms with E-state index >= 15 is 0 Å². The van der Waals surface area contributed by atoms with Crippen molar-refractivity contribution < 1.29 is 9.53 Å². The summed E-state index contributed by atoms with van der Waals surface area (Å²) < 4.78 is 7.18. The molecule has 2 radical (unpaired) electrons. The Morgan fingerprint density at radius 3 is 2.65 bits per heavy atom. The fourth-order valence-electron chi connectivity index (χ4n) is 4.31. The zero-order valence-corrected chi connectivity index (χ0v) is 20.0. The lowest BCUT2D eigenvalue weighted by atomic mass is 9.98. The number of fused-ring (bicyclic) bond motifs is 1. The third-order valence-electron chi connectivity index (χ3n) is 6.49. The van der Waals surface area contributed by atoms with Crippen LogP contribution in [0.25, 0.3) is 16.8 Å². The standard InChI is InChI=1S/C24H30BN7O2/c1-15-12-17(4-7-19(15)22(33)27-18-5-6-18)20-13-26-32-21(20)28-23(30(2)3)29-24(32)31(25)14-16-8-10-34-11-9-16/h4,7,12-13,16,18H,5-6,8-11,14H2,1-3H3,(H,27,33). The Hall–Kier alpha value is -3.14. The van der Waals surface area contributed by atoms with Gasteiger partial charge < -0.3 is 19.8 Å². The van der Waals surface area contributed by atoms with Gasteiger partial charge in [-0.1, -0.05) is 12.1 Å². The molecule has 1 saturated carbocycles. The van der Waals surface area contributed by atoms with Crippen LogP contribution in [0.5, 0.6) is 0 Å². The van der Waals surface area contributed by atoms with Crippen molar-refractivity contribution in [2.45, 2.75) is 38.6 Å². The first kappa shape index (κ1) is 22.6. The average Bonchev–Trinajstić information content (AvgIpc) is 3.53. The molecule has 2 fully saturated rings. The van der Waals surface area contributed by atoms with Gasteiger partial charge in [0.25, 0.3) is 5.91 Å². The van der Waals surface area contributed by atoms with Crippen LogP contribution < -0.4 is 15.0 Å². The number of carbonyl (C=O) groups excluding carboxylic acids is 1. The molecule has 176 valence electrons. The zero-order chi connectivity index (χ0) is 23.8. The number of nitrogens with zero attached hydrogens (tertiary/aromatic N) is 6. The van der Waals surface area contributed by atoms with Crippen LogP contribution in [0.4, 0.5) is 11.9 Å². The molecule has 10 heteroatoms. The zero-order valence-electron chi connectivity index (χ0n) is 20.0. The Kier molecular flexibility index (Phi) is 6.16. The lowest BCUT2D eigenvalue weighted by molar-refractivity contribution is 0.0690. The second-order valence-corrected chi connectivity index (χ2v) is 9.50. The molecule has 0 spiro atoms. The number of carbonyl (C=O) groups is 1. The first-order valence-electron chi connectivity index (χ1n) is 11.9. The molecule has 9 nitrogen and oxygen atoms in total. The van der Waals surface area contributed by atoms with Gasteiger partial charge in [0.15, 0.2) is 5.65 Å². The minimum absolute atomic E-state index is 0.0159. The monoisotopic (exact) mass is 459 g/mol. The Balaban J connectivity index is 1.50. The number of hydrogen-bond acceptors (Lipinski definition) is 7. The van der Waals surface area contributed by atoms with E-state index in [-0.39, 0.29) is 5.91 Å². The summed E-state index contributed by atoms with van der Waals surface area (Å²) in [5.41, 5.74) is 4.09. The van der Waals surface area contributed by atoms with Crippen molar-refractivity contribution in [2.24, 2.45) is 5.92 Å². The van der Waals surface area contributed by atoms with Gasteiger partial charge in [-0.25, -0.2) is 0 Å². The Bertz CT molecular complexity index is 1200. The van der Waals surface area contributed by atoms with Crippen LogP contribution in [0.2, 0.25) is 0 Å². The number of aryl methyl sites for hydroxylation is 1. The summed E-state index contributed by atoms with van der Waals surface area (Å²) in [5.74, 6) is 1.53. The van der Waals surface area contributed by atoms with Gasteiger partial charge in [0, 0.05) is 51.0 Å². The number of hydrogen-bond donors (Lipinski definition) is 1. The maximum Gasteiger partial charge on any atom is 0.251 e. The van der Waals surface area contributed by atoms with Crippen molar-refractivity contribution >= 4 is 31.4 Å². The van der Waals surface area contributed by atoms with Crippen molar-refractivity contribution in [1.82, 2.24) is 24.9 Å². The van der Waals surface area contributed by atoms with E-state index in [0.29, 0.717) is 41.6 Å². The smallest absolute Gasteiger partial charge is 0.251 e. The van der Waals surface area contributed by atoms with Crippen molar-refractivity contribution in [3.8, 4) is 11.1 Å². The van der Waals surface area contributed by atoms with Crippen LogP contribution in [0, 0.1) is 12.8 Å². The van der Waals surface area contributed by atoms with Crippen molar-refractivity contribution in [1.29, 1.82) is 0 Å². The summed E-state index contributed by atoms with van der Waals surface area (Å²) in [7, 11) is 10.3. The molecule has 3 heterocycles. The van der Waals surface area contributed by atoms with Crippen LogP contribution in [0.3, 0.4) is 0 Å². The maximum absolute atomic E-state index is 12.5. The van der Waals surface area contributed by atoms with Crippen LogP contribution in [0.15, 0.2) is 24.4 Å². The molecule has 3 aromatic rings. The van der Waals surface area contributed by atoms with Gasteiger partial charge >= 0.3 is 0 Å². The highest BCUT2D eigenvalue weighted by atomic mass is 16.5. The molecule has 1 aromatic carbocycles. The van der Waals surface area contributed by atoms with Crippen LogP contribution in [-0.2, 0) is 4.74 Å². The number of ether oxygens (including phenoxy) is 1. The van der Waals surface area contributed by atoms with E-state index in [9.17, 15) is 4.79 Å². The molecule has 5 rings (SSSR count). The summed E-state index contributed by atoms with van der Waals surface area (Å²) in [6.07, 6.45) is 5.87. The lowest BCUT2D eigenvalue weighted by Gasteiger charge is -2.28. The summed E-state index contributed by atoms with van der Waals surface area (Å²) in [4.78, 5) is 25.5. The molecule has 0 unspecified atom stereocenters. The number of benzene rings is 1. The second-order valence-electron chi connectivity index (χ2n) is 9.50. The van der Waals surface area contributed by atoms with E-state index < -0.39 is 0 Å². The number of anilines is 2. The molecule has 0 bridgehead atoms. The third-order valence-corrected chi connectivity index (χ3v) is 6.49. The maximum atomic E-state index is 12.5. The van der Waals surface area contributed by atoms with E-state index in [2.05, 4.69) is 10.4 Å². The van der Waals surface area contributed by atoms with E-state index in [4.69, 9.17) is 22.7 Å². The largest absolute Gasteiger partial charge is 0.394 e. The molecular weight excluding hydrogens is 429 g/mol. The molecule has 1 amide bonds. The molecule has 2 aliphatic rings. The summed E-state index contributed by atoms with van der Waals surface area (Å²) in [5, 5.41) is 7.65. The summed E-state index contributed by atoms with van der Waals surface area (Å²) in [6.45, 7) is 4.15. The minimum atomic E-state index is -0.0159. The molecule has 0 atom stereocenters. The highest BCUT2D eigenvalue weighted by Crippen LogP contribution is 2.29. The molecule has 1 saturated heterocycles. The number of rotatable bonds is 7. The van der Waals surface area contributed by atoms with E-state index in [1.807, 2.05) is 44.1 Å². The Labute approximate surface area is 200 Å². The quantitative estimate of drug-likeness (QED) is 0.543. The first-order chi connectivity index (χ1) is 16.4. The predicted octanol–water partition coefficient (Wildman–Crippen LogP) is 2.37. The minimum Gasteiger partial charge on any atom is -0.394 e. The van der Waals surface area contributed by atoms with Gasteiger partial charge in [0.05, 0.1) is 6.20 Å². The highest BCUT2D eigenvalue weighted by molar-refractivity contribution is 6.17. The molecule has 1 N–H and O–H groups in total. The Morgan fingerprint density at radius 1 is 1.21 bits per heavy atom. The third kappa shape index (κ3) is 4.59.